The lowest BCUT2D eigenvalue weighted by Gasteiger charge is -2.29. The number of nitrogens with zero attached hydrogens (tertiary/aromatic N) is 3. The molecular formula is C14H23N5O3. The summed E-state index contributed by atoms with van der Waals surface area (Å²) in [7, 11) is 3.73. The lowest BCUT2D eigenvalue weighted by Crippen LogP contribution is -3.11. The van der Waals surface area contributed by atoms with E-state index in [0.717, 1.165) is 45.3 Å². The minimum atomic E-state index is -1.39. The number of amides is 1. The third kappa shape index (κ3) is 4.05. The van der Waals surface area contributed by atoms with Gasteiger partial charge in [0.15, 0.2) is 0 Å². The monoisotopic (exact) mass is 309 g/mol. The van der Waals surface area contributed by atoms with Gasteiger partial charge in [-0.1, -0.05) is 0 Å². The smallest absolute Gasteiger partial charge is 0.270 e. The van der Waals surface area contributed by atoms with Crippen molar-refractivity contribution < 1.29 is 19.6 Å². The number of quaternary nitrogens is 1. The van der Waals surface area contributed by atoms with Crippen LogP contribution in [0, 0.1) is 0 Å². The first-order chi connectivity index (χ1) is 10.5. The predicted molar refractivity (Wildman–Crippen MR) is 77.5 cm³/mol. The van der Waals surface area contributed by atoms with Gasteiger partial charge in [0, 0.05) is 38.8 Å². The molecule has 1 aliphatic rings. The van der Waals surface area contributed by atoms with Crippen molar-refractivity contribution in [2.24, 2.45) is 7.05 Å². The predicted octanol–water partition coefficient (Wildman–Crippen LogP) is -3.27. The Morgan fingerprint density at radius 3 is 2.73 bits per heavy atom. The van der Waals surface area contributed by atoms with E-state index in [-0.39, 0.29) is 11.3 Å². The first-order valence-corrected chi connectivity index (χ1v) is 7.54. The number of aromatic nitrogens is 2. The van der Waals surface area contributed by atoms with Crippen LogP contribution in [0.15, 0.2) is 6.20 Å². The molecule has 1 aromatic heterocycles. The molecule has 1 amide bonds. The summed E-state index contributed by atoms with van der Waals surface area (Å²) in [6.07, 6.45) is 1.97. The van der Waals surface area contributed by atoms with Crippen molar-refractivity contribution in [3.8, 4) is 0 Å². The highest BCUT2D eigenvalue weighted by molar-refractivity contribution is 6.02. The van der Waals surface area contributed by atoms with Gasteiger partial charge in [-0.05, 0) is 6.42 Å². The van der Waals surface area contributed by atoms with E-state index in [1.165, 1.54) is 11.7 Å². The Hall–Kier alpha value is -1.93. The van der Waals surface area contributed by atoms with Crippen molar-refractivity contribution >= 4 is 11.9 Å². The SMILES string of the molecule is Cn1ncc(C(=O)[O-])c1C(=O)NCCCN1CC[NH+](C)CC1. The first kappa shape index (κ1) is 16.4. The van der Waals surface area contributed by atoms with Crippen LogP contribution in [0.4, 0.5) is 0 Å². The molecule has 0 bridgehead atoms. The molecule has 1 aliphatic heterocycles. The molecule has 122 valence electrons. The van der Waals surface area contributed by atoms with Crippen LogP contribution in [0.25, 0.3) is 0 Å². The number of nitrogens with one attached hydrogen (secondary N) is 2. The Morgan fingerprint density at radius 1 is 1.41 bits per heavy atom. The maximum absolute atomic E-state index is 12.1. The second-order valence-corrected chi connectivity index (χ2v) is 5.73. The van der Waals surface area contributed by atoms with E-state index in [1.54, 1.807) is 4.90 Å². The summed E-state index contributed by atoms with van der Waals surface area (Å²) in [5.41, 5.74) is -0.148. The Morgan fingerprint density at radius 2 is 2.09 bits per heavy atom. The number of hydrogen-bond acceptors (Lipinski definition) is 5. The van der Waals surface area contributed by atoms with Crippen LogP contribution in [0.2, 0.25) is 0 Å². The van der Waals surface area contributed by atoms with Crippen LogP contribution in [0.1, 0.15) is 27.3 Å². The van der Waals surface area contributed by atoms with Gasteiger partial charge in [0.05, 0.1) is 32.3 Å². The summed E-state index contributed by atoms with van der Waals surface area (Å²) < 4.78 is 1.25. The number of likely N-dealkylation sites (N-methyl/N-ethyl adjacent to an activating group) is 1. The third-order valence-corrected chi connectivity index (χ3v) is 4.02. The van der Waals surface area contributed by atoms with Crippen molar-refractivity contribution in [2.45, 2.75) is 6.42 Å². The van der Waals surface area contributed by atoms with Crippen LogP contribution in [0.3, 0.4) is 0 Å². The van der Waals surface area contributed by atoms with Crippen LogP contribution >= 0.6 is 0 Å². The van der Waals surface area contributed by atoms with E-state index in [0.29, 0.717) is 6.54 Å². The van der Waals surface area contributed by atoms with Crippen LogP contribution in [0.5, 0.6) is 0 Å². The molecule has 0 saturated carbocycles. The van der Waals surface area contributed by atoms with Gasteiger partial charge in [-0.2, -0.15) is 5.10 Å². The first-order valence-electron chi connectivity index (χ1n) is 7.54. The van der Waals surface area contributed by atoms with Gasteiger partial charge in [0.2, 0.25) is 0 Å². The molecule has 0 aliphatic carbocycles. The van der Waals surface area contributed by atoms with Crippen molar-refractivity contribution in [3.63, 3.8) is 0 Å². The maximum Gasteiger partial charge on any atom is 0.270 e. The summed E-state index contributed by atoms with van der Waals surface area (Å²) >= 11 is 0. The van der Waals surface area contributed by atoms with Crippen molar-refractivity contribution in [2.75, 3.05) is 46.3 Å². The van der Waals surface area contributed by atoms with Gasteiger partial charge < -0.3 is 20.1 Å². The molecule has 8 heteroatoms. The van der Waals surface area contributed by atoms with E-state index in [2.05, 4.69) is 22.4 Å². The Kier molecular flexibility index (Phi) is 5.51. The molecule has 1 fully saturated rings. The highest BCUT2D eigenvalue weighted by atomic mass is 16.4. The number of carboxylic acid groups (broad SMARTS) is 1. The molecule has 0 spiro atoms. The highest BCUT2D eigenvalue weighted by Crippen LogP contribution is 2.06. The second-order valence-electron chi connectivity index (χ2n) is 5.73. The van der Waals surface area contributed by atoms with Crippen molar-refractivity contribution in [1.82, 2.24) is 20.0 Å². The molecule has 0 unspecified atom stereocenters. The summed E-state index contributed by atoms with van der Waals surface area (Å²) in [6.45, 7) is 5.90. The molecule has 2 heterocycles. The topological polar surface area (TPSA) is 94.7 Å². The summed E-state index contributed by atoms with van der Waals surface area (Å²) in [5, 5.41) is 17.5. The molecule has 8 nitrogen and oxygen atoms in total. The second kappa shape index (κ2) is 7.37. The lowest BCUT2D eigenvalue weighted by atomic mass is 10.2. The van der Waals surface area contributed by atoms with Crippen molar-refractivity contribution in [1.29, 1.82) is 0 Å². The highest BCUT2D eigenvalue weighted by Gasteiger charge is 2.18. The zero-order chi connectivity index (χ0) is 16.1. The minimum absolute atomic E-state index is 0.0307. The van der Waals surface area contributed by atoms with Crippen LogP contribution in [-0.2, 0) is 7.05 Å². The molecule has 0 atom stereocenters. The molecule has 2 N–H and O–H groups in total. The van der Waals surface area contributed by atoms with Crippen LogP contribution < -0.4 is 15.3 Å². The van der Waals surface area contributed by atoms with E-state index in [9.17, 15) is 14.7 Å². The zero-order valence-corrected chi connectivity index (χ0v) is 13.1. The van der Waals surface area contributed by atoms with E-state index in [1.807, 2.05) is 0 Å². The molecule has 1 aromatic rings. The Bertz CT molecular complexity index is 535. The quantitative estimate of drug-likeness (QED) is 0.538. The fourth-order valence-corrected chi connectivity index (χ4v) is 2.60. The average molecular weight is 309 g/mol. The molecule has 0 radical (unpaired) electrons. The maximum atomic E-state index is 12.1. The summed E-state index contributed by atoms with van der Waals surface area (Å²) in [4.78, 5) is 27.0. The van der Waals surface area contributed by atoms with Gasteiger partial charge in [0.1, 0.15) is 5.69 Å². The third-order valence-electron chi connectivity index (χ3n) is 4.02. The number of hydrogen-bond donors (Lipinski definition) is 2. The lowest BCUT2D eigenvalue weighted by molar-refractivity contribution is -0.884. The fourth-order valence-electron chi connectivity index (χ4n) is 2.60. The van der Waals surface area contributed by atoms with E-state index in [4.69, 9.17) is 0 Å². The van der Waals surface area contributed by atoms with Crippen LogP contribution in [-0.4, -0.2) is 72.9 Å². The number of carboxylic acids is 1. The van der Waals surface area contributed by atoms with Gasteiger partial charge in [-0.3, -0.25) is 14.4 Å². The molecule has 0 aromatic carbocycles. The molecule has 22 heavy (non-hydrogen) atoms. The standard InChI is InChI=1S/C14H23N5O3/c1-17-6-8-19(9-7-17)5-3-4-15-13(20)12-11(14(21)22)10-16-18(12)2/h10H,3-9H2,1-2H3,(H,15,20)(H,21,22). The Labute approximate surface area is 129 Å². The summed E-state index contributed by atoms with van der Waals surface area (Å²) in [5.74, 6) is -1.82. The van der Waals surface area contributed by atoms with E-state index >= 15 is 0 Å². The largest absolute Gasteiger partial charge is 0.545 e. The van der Waals surface area contributed by atoms with E-state index < -0.39 is 11.9 Å². The number of aryl methyl sites for hydroxylation is 1. The van der Waals surface area contributed by atoms with Gasteiger partial charge in [0.25, 0.3) is 5.91 Å². The number of piperazine rings is 1. The average Bonchev–Trinajstić information content (AvgIpc) is 2.87. The van der Waals surface area contributed by atoms with Crippen molar-refractivity contribution in [3.05, 3.63) is 17.5 Å². The number of carbonyl (C=O) groups excluding carboxylic acids is 2. The minimum Gasteiger partial charge on any atom is -0.545 e. The van der Waals surface area contributed by atoms with Gasteiger partial charge >= 0.3 is 0 Å². The van der Waals surface area contributed by atoms with Gasteiger partial charge in [-0.25, -0.2) is 0 Å². The molecule has 1 saturated heterocycles. The number of aromatic carboxylic acids is 1. The Balaban J connectivity index is 1.76. The molecule has 2 rings (SSSR count). The number of rotatable bonds is 6. The fraction of sp³-hybridized carbons (Fsp3) is 0.643. The zero-order valence-electron chi connectivity index (χ0n) is 13.1. The normalized spacial score (nSPS) is 16.6. The molecular weight excluding hydrogens is 286 g/mol. The summed E-state index contributed by atoms with van der Waals surface area (Å²) in [6, 6.07) is 0. The van der Waals surface area contributed by atoms with Gasteiger partial charge in [-0.15, -0.1) is 0 Å². The number of carbonyl (C=O) groups is 2.